The van der Waals surface area contributed by atoms with E-state index in [2.05, 4.69) is 5.32 Å². The Hall–Kier alpha value is -0.250. The van der Waals surface area contributed by atoms with Crippen LogP contribution < -0.4 is 5.32 Å². The molecule has 0 unspecified atom stereocenters. The number of nitrogens with one attached hydrogen (secondary N) is 1. The minimum atomic E-state index is 0.755. The summed E-state index contributed by atoms with van der Waals surface area (Å²) in [5.74, 6) is 0. The van der Waals surface area contributed by atoms with Crippen LogP contribution >= 0.6 is 35.6 Å². The normalized spacial score (nSPS) is 9.77. The van der Waals surface area contributed by atoms with Crippen molar-refractivity contribution in [2.45, 2.75) is 6.92 Å². The Bertz CT molecular complexity index is 325. The summed E-state index contributed by atoms with van der Waals surface area (Å²) < 4.78 is 0.755. The molecule has 0 amide bonds. The molecule has 0 saturated heterocycles. The monoisotopic (exact) mass is 231 g/mol. The number of benzene rings is 1. The van der Waals surface area contributed by atoms with Crippen LogP contribution in [0.4, 0.5) is 5.69 Å². The third-order valence-electron chi connectivity index (χ3n) is 1.69. The number of thioether (sulfide) groups is 1. The fraction of sp³-hybridized carbons (Fsp3) is 0.222. The molecule has 1 nitrogen and oxygen atoms in total. The standard InChI is InChI=1S/C9H10ClNS2/c1-6-7(10)4-3-5-8(6)11-9(12)13-2/h3-5H,1-2H3,(H,11,12). The first kappa shape index (κ1) is 10.8. The van der Waals surface area contributed by atoms with Gasteiger partial charge in [0, 0.05) is 10.7 Å². The van der Waals surface area contributed by atoms with Gasteiger partial charge in [-0.25, -0.2) is 0 Å². The van der Waals surface area contributed by atoms with Crippen LogP contribution in [0.15, 0.2) is 18.2 Å². The Balaban J connectivity index is 2.89. The molecule has 70 valence electrons. The summed E-state index contributed by atoms with van der Waals surface area (Å²) in [6.45, 7) is 1.97. The molecule has 0 saturated carbocycles. The van der Waals surface area contributed by atoms with Crippen molar-refractivity contribution in [2.24, 2.45) is 0 Å². The molecule has 0 aromatic heterocycles. The molecule has 0 heterocycles. The van der Waals surface area contributed by atoms with Gasteiger partial charge in [-0.1, -0.05) is 29.9 Å². The van der Waals surface area contributed by atoms with Crippen molar-refractivity contribution < 1.29 is 0 Å². The van der Waals surface area contributed by atoms with Crippen LogP contribution in [0.3, 0.4) is 0 Å². The average molecular weight is 232 g/mol. The van der Waals surface area contributed by atoms with Gasteiger partial charge in [0.1, 0.15) is 4.32 Å². The molecule has 0 fully saturated rings. The Labute approximate surface area is 92.9 Å². The SMILES string of the molecule is CSC(=S)Nc1cccc(Cl)c1C. The van der Waals surface area contributed by atoms with Crippen LogP contribution in [0.2, 0.25) is 5.02 Å². The van der Waals surface area contributed by atoms with Gasteiger partial charge in [-0.2, -0.15) is 0 Å². The fourth-order valence-electron chi connectivity index (χ4n) is 0.904. The van der Waals surface area contributed by atoms with E-state index in [9.17, 15) is 0 Å². The summed E-state index contributed by atoms with van der Waals surface area (Å²) in [6, 6.07) is 5.73. The van der Waals surface area contributed by atoms with Gasteiger partial charge < -0.3 is 5.32 Å². The number of rotatable bonds is 1. The molecule has 0 aliphatic heterocycles. The lowest BCUT2D eigenvalue weighted by Gasteiger charge is -2.09. The second-order valence-electron chi connectivity index (χ2n) is 2.53. The molecule has 0 spiro atoms. The van der Waals surface area contributed by atoms with E-state index in [1.165, 1.54) is 11.8 Å². The largest absolute Gasteiger partial charge is 0.341 e. The molecular formula is C9H10ClNS2. The highest BCUT2D eigenvalue weighted by molar-refractivity contribution is 8.22. The Morgan fingerprint density at radius 3 is 2.85 bits per heavy atom. The summed E-state index contributed by atoms with van der Waals surface area (Å²) >= 11 is 12.5. The van der Waals surface area contributed by atoms with Crippen LogP contribution in [0.5, 0.6) is 0 Å². The molecule has 1 N–H and O–H groups in total. The van der Waals surface area contributed by atoms with Crippen molar-refractivity contribution in [1.82, 2.24) is 0 Å². The van der Waals surface area contributed by atoms with Gasteiger partial charge in [0.05, 0.1) is 0 Å². The molecule has 0 bridgehead atoms. The lowest BCUT2D eigenvalue weighted by Crippen LogP contribution is -2.04. The quantitative estimate of drug-likeness (QED) is 0.741. The van der Waals surface area contributed by atoms with E-state index >= 15 is 0 Å². The third-order valence-corrected chi connectivity index (χ3v) is 3.17. The van der Waals surface area contributed by atoms with E-state index in [1.54, 1.807) is 0 Å². The molecule has 13 heavy (non-hydrogen) atoms. The van der Waals surface area contributed by atoms with Crippen LogP contribution in [0.25, 0.3) is 0 Å². The summed E-state index contributed by atoms with van der Waals surface area (Å²) in [7, 11) is 0. The third kappa shape index (κ3) is 2.86. The van der Waals surface area contributed by atoms with Crippen molar-refractivity contribution in [3.63, 3.8) is 0 Å². The van der Waals surface area contributed by atoms with E-state index in [-0.39, 0.29) is 0 Å². The first-order chi connectivity index (χ1) is 6.15. The molecular weight excluding hydrogens is 222 g/mol. The number of thiocarbonyl (C=S) groups is 1. The summed E-state index contributed by atoms with van der Waals surface area (Å²) in [5, 5.41) is 3.87. The average Bonchev–Trinajstić information content (AvgIpc) is 2.13. The predicted molar refractivity (Wildman–Crippen MR) is 65.9 cm³/mol. The minimum absolute atomic E-state index is 0.755. The van der Waals surface area contributed by atoms with Gasteiger partial charge in [-0.3, -0.25) is 0 Å². The van der Waals surface area contributed by atoms with Gasteiger partial charge in [0.15, 0.2) is 0 Å². The van der Waals surface area contributed by atoms with Gasteiger partial charge in [0.2, 0.25) is 0 Å². The molecule has 4 heteroatoms. The zero-order chi connectivity index (χ0) is 9.84. The lowest BCUT2D eigenvalue weighted by atomic mass is 10.2. The van der Waals surface area contributed by atoms with Gasteiger partial charge >= 0.3 is 0 Å². The minimum Gasteiger partial charge on any atom is -0.341 e. The number of hydrogen-bond acceptors (Lipinski definition) is 2. The van der Waals surface area contributed by atoms with E-state index in [4.69, 9.17) is 23.8 Å². The molecule has 1 aromatic rings. The number of hydrogen-bond donors (Lipinski definition) is 1. The van der Waals surface area contributed by atoms with E-state index in [0.717, 1.165) is 20.6 Å². The Morgan fingerprint density at radius 2 is 2.23 bits per heavy atom. The van der Waals surface area contributed by atoms with Crippen LogP contribution in [0, 0.1) is 6.92 Å². The van der Waals surface area contributed by atoms with Gasteiger partial charge in [0.25, 0.3) is 0 Å². The van der Waals surface area contributed by atoms with Crippen molar-refractivity contribution in [3.05, 3.63) is 28.8 Å². The van der Waals surface area contributed by atoms with E-state index in [1.807, 2.05) is 31.4 Å². The highest BCUT2D eigenvalue weighted by Gasteiger charge is 2.02. The van der Waals surface area contributed by atoms with Crippen molar-refractivity contribution >= 4 is 45.6 Å². The number of halogens is 1. The first-order valence-corrected chi connectivity index (χ1v) is 5.76. The summed E-state index contributed by atoms with van der Waals surface area (Å²) in [4.78, 5) is 0. The van der Waals surface area contributed by atoms with Crippen LogP contribution in [-0.2, 0) is 0 Å². The molecule has 1 rings (SSSR count). The van der Waals surface area contributed by atoms with Gasteiger partial charge in [-0.05, 0) is 30.9 Å². The fourth-order valence-corrected chi connectivity index (χ4v) is 1.40. The number of anilines is 1. The smallest absolute Gasteiger partial charge is 0.137 e. The molecule has 0 aliphatic carbocycles. The lowest BCUT2D eigenvalue weighted by molar-refractivity contribution is 1.46. The maximum atomic E-state index is 5.95. The summed E-state index contributed by atoms with van der Waals surface area (Å²) in [5.41, 5.74) is 2.01. The van der Waals surface area contributed by atoms with Gasteiger partial charge in [-0.15, -0.1) is 11.8 Å². The van der Waals surface area contributed by atoms with E-state index < -0.39 is 0 Å². The highest BCUT2D eigenvalue weighted by Crippen LogP contribution is 2.23. The highest BCUT2D eigenvalue weighted by atomic mass is 35.5. The zero-order valence-electron chi connectivity index (χ0n) is 7.43. The zero-order valence-corrected chi connectivity index (χ0v) is 9.82. The van der Waals surface area contributed by atoms with Crippen LogP contribution in [0.1, 0.15) is 5.56 Å². The Morgan fingerprint density at radius 1 is 1.54 bits per heavy atom. The second-order valence-corrected chi connectivity index (χ2v) is 4.42. The van der Waals surface area contributed by atoms with E-state index in [0.29, 0.717) is 0 Å². The molecule has 0 atom stereocenters. The Kier molecular flexibility index (Phi) is 4.03. The molecule has 0 radical (unpaired) electrons. The maximum Gasteiger partial charge on any atom is 0.137 e. The van der Waals surface area contributed by atoms with Crippen molar-refractivity contribution in [3.8, 4) is 0 Å². The van der Waals surface area contributed by atoms with Crippen LogP contribution in [-0.4, -0.2) is 10.6 Å². The molecule has 0 aliphatic rings. The second kappa shape index (κ2) is 4.84. The van der Waals surface area contributed by atoms with Crippen molar-refractivity contribution in [1.29, 1.82) is 0 Å². The van der Waals surface area contributed by atoms with Crippen molar-refractivity contribution in [2.75, 3.05) is 11.6 Å². The molecule has 1 aromatic carbocycles. The first-order valence-electron chi connectivity index (χ1n) is 3.75. The maximum absolute atomic E-state index is 5.95. The summed E-state index contributed by atoms with van der Waals surface area (Å²) in [6.07, 6.45) is 1.94. The topological polar surface area (TPSA) is 12.0 Å². The predicted octanol–water partition coefficient (Wildman–Crippen LogP) is 3.71.